The van der Waals surface area contributed by atoms with Crippen molar-refractivity contribution in [1.82, 2.24) is 4.98 Å². The molecule has 1 heterocycles. The van der Waals surface area contributed by atoms with Crippen LogP contribution in [0.4, 0.5) is 5.13 Å². The van der Waals surface area contributed by atoms with Crippen molar-refractivity contribution < 1.29 is 9.53 Å². The van der Waals surface area contributed by atoms with Gasteiger partial charge in [-0.1, -0.05) is 50.9 Å². The largest absolute Gasteiger partial charge is 0.483 e. The summed E-state index contributed by atoms with van der Waals surface area (Å²) in [5.74, 6) is 0.516. The molecule has 146 valence electrons. The van der Waals surface area contributed by atoms with Crippen LogP contribution < -0.4 is 10.1 Å². The molecule has 4 nitrogen and oxygen atoms in total. The molecule has 0 radical (unpaired) electrons. The minimum Gasteiger partial charge on any atom is -0.483 e. The van der Waals surface area contributed by atoms with E-state index >= 15 is 0 Å². The zero-order valence-electron chi connectivity index (χ0n) is 15.8. The first kappa shape index (κ1) is 21.0. The van der Waals surface area contributed by atoms with Crippen LogP contribution in [-0.4, -0.2) is 17.5 Å². The van der Waals surface area contributed by atoms with Crippen molar-refractivity contribution in [2.24, 2.45) is 0 Å². The molecule has 7 heteroatoms. The lowest BCUT2D eigenvalue weighted by molar-refractivity contribution is -0.118. The van der Waals surface area contributed by atoms with Crippen LogP contribution in [0.2, 0.25) is 0 Å². The van der Waals surface area contributed by atoms with Crippen molar-refractivity contribution in [2.45, 2.75) is 27.2 Å². The Balaban J connectivity index is 1.70. The first-order valence-corrected chi connectivity index (χ1v) is 11.2. The van der Waals surface area contributed by atoms with Gasteiger partial charge in [0.1, 0.15) is 5.75 Å². The number of rotatable bonds is 6. The number of ether oxygens (including phenoxy) is 1. The Bertz CT molecular complexity index is 977. The van der Waals surface area contributed by atoms with E-state index in [1.54, 1.807) is 0 Å². The van der Waals surface area contributed by atoms with Gasteiger partial charge in [0.05, 0.1) is 5.69 Å². The number of carbonyl (C=O) groups is 1. The fourth-order valence-corrected chi connectivity index (χ4v) is 4.79. The van der Waals surface area contributed by atoms with Gasteiger partial charge in [-0.3, -0.25) is 10.1 Å². The maximum atomic E-state index is 12.4. The highest BCUT2D eigenvalue weighted by molar-refractivity contribution is 9.10. The highest BCUT2D eigenvalue weighted by atomic mass is 79.9. The second-order valence-corrected chi connectivity index (χ2v) is 9.27. The lowest BCUT2D eigenvalue weighted by Crippen LogP contribution is -2.20. The number of aromatic nitrogens is 1. The minimum atomic E-state index is -0.222. The molecule has 0 fully saturated rings. The topological polar surface area (TPSA) is 51.2 Å². The summed E-state index contributed by atoms with van der Waals surface area (Å²) in [6, 6.07) is 12.0. The van der Waals surface area contributed by atoms with Gasteiger partial charge in [-0.25, -0.2) is 4.98 Å². The van der Waals surface area contributed by atoms with E-state index < -0.39 is 0 Å². The molecule has 0 saturated carbocycles. The van der Waals surface area contributed by atoms with Crippen molar-refractivity contribution in [1.29, 1.82) is 0 Å². The molecule has 28 heavy (non-hydrogen) atoms. The molecule has 3 aromatic rings. The number of amides is 1. The highest BCUT2D eigenvalue weighted by Crippen LogP contribution is 2.32. The predicted molar refractivity (Wildman–Crippen MR) is 122 cm³/mol. The number of halogens is 2. The summed E-state index contributed by atoms with van der Waals surface area (Å²) >= 11 is 8.42. The maximum Gasteiger partial charge on any atom is 0.264 e. The van der Waals surface area contributed by atoms with E-state index in [1.165, 1.54) is 11.3 Å². The fraction of sp³-hybridized carbons (Fsp3) is 0.238. The molecule has 0 bridgehead atoms. The van der Waals surface area contributed by atoms with Crippen LogP contribution in [0.1, 0.15) is 22.9 Å². The predicted octanol–water partition coefficient (Wildman–Crippen LogP) is 6.53. The van der Waals surface area contributed by atoms with E-state index in [4.69, 9.17) is 4.74 Å². The summed E-state index contributed by atoms with van der Waals surface area (Å²) < 4.78 is 7.77. The van der Waals surface area contributed by atoms with E-state index in [-0.39, 0.29) is 12.5 Å². The maximum absolute atomic E-state index is 12.4. The summed E-state index contributed by atoms with van der Waals surface area (Å²) in [5, 5.41) is 3.45. The number of aryl methyl sites for hydroxylation is 3. The number of hydrogen-bond acceptors (Lipinski definition) is 4. The monoisotopic (exact) mass is 522 g/mol. The van der Waals surface area contributed by atoms with Crippen LogP contribution in [0.15, 0.2) is 45.3 Å². The van der Waals surface area contributed by atoms with Gasteiger partial charge in [0.2, 0.25) is 0 Å². The van der Waals surface area contributed by atoms with Crippen molar-refractivity contribution in [3.63, 3.8) is 0 Å². The van der Waals surface area contributed by atoms with Crippen molar-refractivity contribution in [3.05, 3.63) is 61.3 Å². The van der Waals surface area contributed by atoms with Gasteiger partial charge in [0, 0.05) is 19.4 Å². The smallest absolute Gasteiger partial charge is 0.264 e. The third-order valence-corrected chi connectivity index (χ3v) is 6.26. The number of anilines is 1. The summed E-state index contributed by atoms with van der Waals surface area (Å²) in [5.41, 5.74) is 3.92. The van der Waals surface area contributed by atoms with Crippen LogP contribution in [0.5, 0.6) is 5.75 Å². The van der Waals surface area contributed by atoms with Crippen molar-refractivity contribution >= 4 is 54.2 Å². The summed E-state index contributed by atoms with van der Waals surface area (Å²) in [6.45, 7) is 5.95. The Morgan fingerprint density at radius 2 is 1.75 bits per heavy atom. The van der Waals surface area contributed by atoms with Crippen LogP contribution >= 0.6 is 43.2 Å². The first-order chi connectivity index (χ1) is 13.4. The van der Waals surface area contributed by atoms with E-state index in [0.29, 0.717) is 5.13 Å². The zero-order valence-corrected chi connectivity index (χ0v) is 19.8. The fourth-order valence-electron chi connectivity index (χ4n) is 2.90. The molecule has 0 aliphatic carbocycles. The summed E-state index contributed by atoms with van der Waals surface area (Å²) in [6.07, 6.45) is 0.854. The van der Waals surface area contributed by atoms with Gasteiger partial charge in [-0.2, -0.15) is 0 Å². The van der Waals surface area contributed by atoms with Crippen molar-refractivity contribution in [2.75, 3.05) is 11.9 Å². The molecule has 0 unspecified atom stereocenters. The Kier molecular flexibility index (Phi) is 6.91. The molecule has 0 atom stereocenters. The van der Waals surface area contributed by atoms with E-state index in [1.807, 2.05) is 50.2 Å². The zero-order chi connectivity index (χ0) is 20.3. The Morgan fingerprint density at radius 3 is 2.36 bits per heavy atom. The van der Waals surface area contributed by atoms with Crippen molar-refractivity contribution in [3.8, 4) is 17.0 Å². The lowest BCUT2D eigenvalue weighted by atomic mass is 10.1. The average Bonchev–Trinajstić information content (AvgIpc) is 3.04. The van der Waals surface area contributed by atoms with Crippen LogP contribution in [0.3, 0.4) is 0 Å². The molecular weight excluding hydrogens is 504 g/mol. The summed E-state index contributed by atoms with van der Waals surface area (Å²) in [4.78, 5) is 18.1. The van der Waals surface area contributed by atoms with Crippen LogP contribution in [-0.2, 0) is 11.2 Å². The van der Waals surface area contributed by atoms with Crippen LogP contribution in [0, 0.1) is 13.8 Å². The molecule has 0 aliphatic rings. The molecule has 1 aromatic heterocycles. The van der Waals surface area contributed by atoms with Gasteiger partial charge in [0.25, 0.3) is 5.91 Å². The molecule has 3 rings (SSSR count). The number of nitrogens with zero attached hydrogens (tertiary/aromatic N) is 1. The number of nitrogens with one attached hydrogen (secondary N) is 1. The van der Waals surface area contributed by atoms with E-state index in [2.05, 4.69) is 49.1 Å². The van der Waals surface area contributed by atoms with Gasteiger partial charge in [0.15, 0.2) is 11.7 Å². The third-order valence-electron chi connectivity index (χ3n) is 4.16. The first-order valence-electron chi connectivity index (χ1n) is 8.82. The SMILES string of the molecule is CCc1sc(NC(=O)COc2c(C)cc(Br)cc2C)nc1-c1ccc(Br)cc1. The number of thiazole rings is 1. The van der Waals surface area contributed by atoms with Gasteiger partial charge in [-0.15, -0.1) is 11.3 Å². The van der Waals surface area contributed by atoms with Crippen LogP contribution in [0.25, 0.3) is 11.3 Å². The summed E-state index contributed by atoms with van der Waals surface area (Å²) in [7, 11) is 0. The molecule has 1 N–H and O–H groups in total. The molecule has 0 aliphatic heterocycles. The molecule has 1 amide bonds. The van der Waals surface area contributed by atoms with E-state index in [9.17, 15) is 4.79 Å². The standard InChI is InChI=1S/C21H20Br2N2O2S/c1-4-17-19(14-5-7-15(22)8-6-14)25-21(28-17)24-18(26)11-27-20-12(2)9-16(23)10-13(20)3/h5-10H,4,11H2,1-3H3,(H,24,25,26). The Labute approximate surface area is 185 Å². The third kappa shape index (κ3) is 5.01. The second kappa shape index (κ2) is 9.20. The number of benzene rings is 2. The quantitative estimate of drug-likeness (QED) is 0.399. The van der Waals surface area contributed by atoms with Gasteiger partial charge in [-0.05, 0) is 55.7 Å². The Morgan fingerprint density at radius 1 is 1.11 bits per heavy atom. The molecule has 0 saturated heterocycles. The van der Waals surface area contributed by atoms with Gasteiger partial charge >= 0.3 is 0 Å². The van der Waals surface area contributed by atoms with E-state index in [0.717, 1.165) is 48.4 Å². The Hall–Kier alpha value is -1.70. The minimum absolute atomic E-state index is 0.0576. The average molecular weight is 524 g/mol. The normalized spacial score (nSPS) is 10.8. The van der Waals surface area contributed by atoms with Gasteiger partial charge < -0.3 is 4.74 Å². The number of hydrogen-bond donors (Lipinski definition) is 1. The molecular formula is C21H20Br2N2O2S. The lowest BCUT2D eigenvalue weighted by Gasteiger charge is -2.12. The highest BCUT2D eigenvalue weighted by Gasteiger charge is 2.15. The molecule has 0 spiro atoms. The molecule has 2 aromatic carbocycles. The second-order valence-electron chi connectivity index (χ2n) is 6.36. The number of carbonyl (C=O) groups excluding carboxylic acids is 1.